The molecule has 0 amide bonds. The van der Waals surface area contributed by atoms with Crippen LogP contribution in [0, 0.1) is 11.6 Å². The number of rotatable bonds is 7. The maximum Gasteiger partial charge on any atom is 0.433 e. The number of benzene rings is 1. The molecule has 0 unspecified atom stereocenters. The van der Waals surface area contributed by atoms with E-state index in [0.29, 0.717) is 19.5 Å². The van der Waals surface area contributed by atoms with Crippen molar-refractivity contribution < 1.29 is 30.4 Å². The van der Waals surface area contributed by atoms with Gasteiger partial charge in [-0.25, -0.2) is 27.2 Å². The lowest BCUT2D eigenvalue weighted by Crippen LogP contribution is -2.27. The van der Waals surface area contributed by atoms with Crippen molar-refractivity contribution in [3.63, 3.8) is 0 Å². The predicted octanol–water partition coefficient (Wildman–Crippen LogP) is 5.26. The first-order chi connectivity index (χ1) is 16.4. The molecule has 1 N–H and O–H groups in total. The number of anilines is 1. The van der Waals surface area contributed by atoms with Crippen LogP contribution in [0.15, 0.2) is 44.5 Å². The molecule has 3 heterocycles. The van der Waals surface area contributed by atoms with Crippen molar-refractivity contribution in [2.45, 2.75) is 35.8 Å². The minimum Gasteiger partial charge on any atom is -0.380 e. The summed E-state index contributed by atoms with van der Waals surface area (Å²) in [5, 5.41) is 4.48. The molecule has 4 rings (SSSR count). The predicted molar refractivity (Wildman–Crippen MR) is 124 cm³/mol. The lowest BCUT2D eigenvalue weighted by Gasteiger charge is -2.19. The molecule has 0 radical (unpaired) electrons. The SMILES string of the molecule is O=S(=O)(Cc1cscn1)c1c(F)cc(N[C@H]2CCN(Cc3cccc(C(F)(F)F)n3)C2)c(Br)c1F. The second-order valence-electron chi connectivity index (χ2n) is 7.98. The van der Waals surface area contributed by atoms with E-state index in [1.807, 2.05) is 4.90 Å². The Morgan fingerprint density at radius 1 is 1.23 bits per heavy atom. The number of aromatic nitrogens is 2. The fourth-order valence-electron chi connectivity index (χ4n) is 3.81. The second kappa shape index (κ2) is 10.1. The molecule has 1 aromatic carbocycles. The molecule has 188 valence electrons. The number of thiazole rings is 1. The molecule has 0 aliphatic carbocycles. The van der Waals surface area contributed by atoms with E-state index in [2.05, 4.69) is 31.2 Å². The Bertz CT molecular complexity index is 1320. The standard InChI is InChI=1S/C21H18BrF5N4O2S2/c22-18-16(6-15(23)20(19(18)24)35(32,33)10-14-9-34-11-28-14)29-13-4-5-31(8-13)7-12-2-1-3-17(30-12)21(25,26)27/h1-3,6,9,11,13,29H,4-5,7-8,10H2/t13-/m0/s1. The first kappa shape index (κ1) is 25.9. The number of nitrogens with one attached hydrogen (secondary N) is 1. The van der Waals surface area contributed by atoms with Crippen LogP contribution in [0.1, 0.15) is 23.5 Å². The molecule has 1 fully saturated rings. The van der Waals surface area contributed by atoms with Gasteiger partial charge in [0.05, 0.1) is 32.8 Å². The highest BCUT2D eigenvalue weighted by molar-refractivity contribution is 9.10. The molecule has 6 nitrogen and oxygen atoms in total. The molecule has 14 heteroatoms. The maximum absolute atomic E-state index is 15.0. The van der Waals surface area contributed by atoms with E-state index in [9.17, 15) is 30.4 Å². The Labute approximate surface area is 210 Å². The molecule has 1 atom stereocenters. The van der Waals surface area contributed by atoms with Crippen LogP contribution in [-0.2, 0) is 28.3 Å². The number of hydrogen-bond acceptors (Lipinski definition) is 7. The topological polar surface area (TPSA) is 75.2 Å². The fraction of sp³-hybridized carbons (Fsp3) is 0.333. The zero-order valence-electron chi connectivity index (χ0n) is 17.8. The van der Waals surface area contributed by atoms with Crippen LogP contribution < -0.4 is 5.32 Å². The first-order valence-corrected chi connectivity index (χ1v) is 13.6. The van der Waals surface area contributed by atoms with Gasteiger partial charge in [-0.15, -0.1) is 11.3 Å². The smallest absolute Gasteiger partial charge is 0.380 e. The Balaban J connectivity index is 1.46. The van der Waals surface area contributed by atoms with E-state index >= 15 is 0 Å². The number of sulfone groups is 1. The van der Waals surface area contributed by atoms with Gasteiger partial charge in [0.25, 0.3) is 0 Å². The van der Waals surface area contributed by atoms with Crippen LogP contribution in [0.2, 0.25) is 0 Å². The fourth-order valence-corrected chi connectivity index (χ4v) is 6.46. The lowest BCUT2D eigenvalue weighted by molar-refractivity contribution is -0.141. The van der Waals surface area contributed by atoms with E-state index in [-0.39, 0.29) is 34.1 Å². The van der Waals surface area contributed by atoms with Gasteiger partial charge < -0.3 is 5.32 Å². The van der Waals surface area contributed by atoms with Crippen molar-refractivity contribution in [2.24, 2.45) is 0 Å². The third kappa shape index (κ3) is 5.98. The molecule has 2 aromatic heterocycles. The summed E-state index contributed by atoms with van der Waals surface area (Å²) in [6.45, 7) is 1.09. The van der Waals surface area contributed by atoms with Gasteiger partial charge in [0.1, 0.15) is 16.4 Å². The summed E-state index contributed by atoms with van der Waals surface area (Å²) >= 11 is 4.20. The van der Waals surface area contributed by atoms with Crippen LogP contribution in [-0.4, -0.2) is 42.4 Å². The summed E-state index contributed by atoms with van der Waals surface area (Å²) in [6, 6.07) is 4.34. The van der Waals surface area contributed by atoms with Gasteiger partial charge in [-0.05, 0) is 40.5 Å². The Morgan fingerprint density at radius 3 is 2.69 bits per heavy atom. The van der Waals surface area contributed by atoms with Crippen molar-refractivity contribution in [1.82, 2.24) is 14.9 Å². The molecule has 0 bridgehead atoms. The summed E-state index contributed by atoms with van der Waals surface area (Å²) in [5.74, 6) is -3.11. The Morgan fingerprint density at radius 2 is 2.00 bits per heavy atom. The van der Waals surface area contributed by atoms with Gasteiger partial charge in [0.2, 0.25) is 0 Å². The van der Waals surface area contributed by atoms with Crippen molar-refractivity contribution in [1.29, 1.82) is 0 Å². The van der Waals surface area contributed by atoms with Crippen molar-refractivity contribution in [2.75, 3.05) is 18.4 Å². The maximum atomic E-state index is 15.0. The molecule has 0 saturated carbocycles. The third-order valence-corrected chi connectivity index (χ3v) is 8.45. The van der Waals surface area contributed by atoms with Crippen LogP contribution in [0.4, 0.5) is 27.6 Å². The van der Waals surface area contributed by atoms with E-state index in [1.165, 1.54) is 34.4 Å². The van der Waals surface area contributed by atoms with E-state index in [1.54, 1.807) is 0 Å². The minimum absolute atomic E-state index is 0.0386. The summed E-state index contributed by atoms with van der Waals surface area (Å²) in [5.41, 5.74) is 0.941. The Kier molecular flexibility index (Phi) is 7.46. The van der Waals surface area contributed by atoms with Gasteiger partial charge in [-0.2, -0.15) is 13.2 Å². The summed E-state index contributed by atoms with van der Waals surface area (Å²) < 4.78 is 93.4. The van der Waals surface area contributed by atoms with Crippen LogP contribution >= 0.6 is 27.3 Å². The monoisotopic (exact) mass is 596 g/mol. The number of likely N-dealkylation sites (tertiary alicyclic amines) is 1. The van der Waals surface area contributed by atoms with Crippen molar-refractivity contribution >= 4 is 42.8 Å². The summed E-state index contributed by atoms with van der Waals surface area (Å²) in [4.78, 5) is 8.35. The average Bonchev–Trinajstić information content (AvgIpc) is 3.43. The summed E-state index contributed by atoms with van der Waals surface area (Å²) in [6.07, 6.45) is -3.98. The minimum atomic E-state index is -4.54. The first-order valence-electron chi connectivity index (χ1n) is 10.2. The Hall–Kier alpha value is -2.16. The van der Waals surface area contributed by atoms with Gasteiger partial charge >= 0.3 is 6.18 Å². The van der Waals surface area contributed by atoms with Crippen molar-refractivity contribution in [3.8, 4) is 0 Å². The van der Waals surface area contributed by atoms with E-state index in [4.69, 9.17) is 0 Å². The highest BCUT2D eigenvalue weighted by Gasteiger charge is 2.33. The van der Waals surface area contributed by atoms with E-state index < -0.39 is 44.0 Å². The molecular weight excluding hydrogens is 579 g/mol. The number of alkyl halides is 3. The molecule has 1 aliphatic rings. The second-order valence-corrected chi connectivity index (χ2v) is 11.4. The highest BCUT2D eigenvalue weighted by atomic mass is 79.9. The quantitative estimate of drug-likeness (QED) is 0.296. The van der Waals surface area contributed by atoms with Gasteiger partial charge in [-0.1, -0.05) is 6.07 Å². The van der Waals surface area contributed by atoms with Crippen molar-refractivity contribution in [3.05, 3.63) is 68.3 Å². The van der Waals surface area contributed by atoms with Gasteiger partial charge in [0, 0.05) is 31.1 Å². The van der Waals surface area contributed by atoms with Crippen LogP contribution in [0.5, 0.6) is 0 Å². The largest absolute Gasteiger partial charge is 0.433 e. The molecule has 1 saturated heterocycles. The number of nitrogens with zero attached hydrogens (tertiary/aromatic N) is 3. The number of pyridine rings is 1. The van der Waals surface area contributed by atoms with Crippen LogP contribution in [0.3, 0.4) is 0 Å². The highest BCUT2D eigenvalue weighted by Crippen LogP contribution is 2.35. The molecular formula is C21H18BrF5N4O2S2. The normalized spacial score (nSPS) is 17.1. The van der Waals surface area contributed by atoms with E-state index in [0.717, 1.165) is 12.1 Å². The zero-order chi connectivity index (χ0) is 25.4. The zero-order valence-corrected chi connectivity index (χ0v) is 21.0. The summed E-state index contributed by atoms with van der Waals surface area (Å²) in [7, 11) is -4.33. The van der Waals surface area contributed by atoms with Gasteiger partial charge in [0.15, 0.2) is 15.7 Å². The molecule has 3 aromatic rings. The molecule has 0 spiro atoms. The number of halogens is 6. The van der Waals surface area contributed by atoms with Crippen LogP contribution in [0.25, 0.3) is 0 Å². The molecule has 1 aliphatic heterocycles. The number of hydrogen-bond donors (Lipinski definition) is 1. The average molecular weight is 597 g/mol. The lowest BCUT2D eigenvalue weighted by atomic mass is 10.2. The molecule has 35 heavy (non-hydrogen) atoms. The van der Waals surface area contributed by atoms with Gasteiger partial charge in [-0.3, -0.25) is 4.90 Å². The third-order valence-electron chi connectivity index (χ3n) is 5.36.